The molecular formula is C30H48N4O2. The Hall–Kier alpha value is -1.92. The van der Waals surface area contributed by atoms with E-state index in [9.17, 15) is 9.59 Å². The molecule has 1 saturated carbocycles. The molecule has 0 radical (unpaired) electrons. The van der Waals surface area contributed by atoms with Crippen molar-refractivity contribution in [3.05, 3.63) is 37.0 Å². The summed E-state index contributed by atoms with van der Waals surface area (Å²) in [5, 5.41) is 2.97. The molecule has 1 N–H and O–H groups in total. The van der Waals surface area contributed by atoms with Crippen LogP contribution in [-0.4, -0.2) is 85.4 Å². The number of carbonyl (C=O) groups is 2. The first-order chi connectivity index (χ1) is 17.3. The van der Waals surface area contributed by atoms with Gasteiger partial charge in [-0.05, 0) is 74.8 Å². The van der Waals surface area contributed by atoms with Crippen molar-refractivity contribution in [2.75, 3.05) is 58.9 Å². The van der Waals surface area contributed by atoms with Crippen molar-refractivity contribution < 1.29 is 9.59 Å². The molecule has 7 fully saturated rings. The molecule has 2 amide bonds. The molecule has 6 heterocycles. The van der Waals surface area contributed by atoms with E-state index < -0.39 is 0 Å². The maximum atomic E-state index is 12.7. The van der Waals surface area contributed by atoms with E-state index in [1.54, 1.807) is 0 Å². The highest BCUT2D eigenvalue weighted by atomic mass is 16.2. The van der Waals surface area contributed by atoms with Crippen molar-refractivity contribution in [3.63, 3.8) is 0 Å². The summed E-state index contributed by atoms with van der Waals surface area (Å²) >= 11 is 0. The number of rotatable bonds is 1. The monoisotopic (exact) mass is 496 g/mol. The molecule has 6 aliphatic heterocycles. The van der Waals surface area contributed by atoms with E-state index >= 15 is 0 Å². The first-order valence-electron chi connectivity index (χ1n) is 14.3. The number of carbonyl (C=O) groups excluding carboxylic acids is 2. The summed E-state index contributed by atoms with van der Waals surface area (Å²) < 4.78 is 0. The molecule has 0 aromatic carbocycles. The minimum Gasteiger partial charge on any atom is -0.356 e. The number of nitrogens with zero attached hydrogens (tertiary/aromatic N) is 3. The number of hydrogen-bond acceptors (Lipinski definition) is 4. The largest absolute Gasteiger partial charge is 0.356 e. The first-order valence-corrected chi connectivity index (χ1v) is 14.3. The third-order valence-electron chi connectivity index (χ3n) is 9.61. The van der Waals surface area contributed by atoms with Gasteiger partial charge in [-0.3, -0.25) is 19.4 Å². The van der Waals surface area contributed by atoms with Crippen molar-refractivity contribution in [2.24, 2.45) is 23.2 Å². The van der Waals surface area contributed by atoms with Crippen LogP contribution in [0.25, 0.3) is 0 Å². The van der Waals surface area contributed by atoms with Crippen molar-refractivity contribution in [1.82, 2.24) is 20.0 Å². The van der Waals surface area contributed by atoms with Gasteiger partial charge >= 0.3 is 0 Å². The van der Waals surface area contributed by atoms with E-state index in [1.165, 1.54) is 17.6 Å². The summed E-state index contributed by atoms with van der Waals surface area (Å²) in [6.07, 6.45) is 9.79. The van der Waals surface area contributed by atoms with Crippen LogP contribution in [0.3, 0.4) is 0 Å². The van der Waals surface area contributed by atoms with Gasteiger partial charge in [0.05, 0.1) is 0 Å². The van der Waals surface area contributed by atoms with Gasteiger partial charge in [-0.2, -0.15) is 0 Å². The molecule has 1 aliphatic carbocycles. The Kier molecular flexibility index (Phi) is 9.10. The molecule has 0 spiro atoms. The predicted molar refractivity (Wildman–Crippen MR) is 146 cm³/mol. The van der Waals surface area contributed by atoms with Crippen molar-refractivity contribution in [2.45, 2.75) is 58.3 Å². The summed E-state index contributed by atoms with van der Waals surface area (Å²) in [5.74, 6) is 1.79. The molecule has 0 aromatic heterocycles. The van der Waals surface area contributed by atoms with Crippen LogP contribution in [0.2, 0.25) is 0 Å². The molecule has 3 atom stereocenters. The zero-order valence-electron chi connectivity index (χ0n) is 22.6. The quantitative estimate of drug-likeness (QED) is 0.560. The van der Waals surface area contributed by atoms with Crippen LogP contribution in [-0.2, 0) is 9.59 Å². The number of nitrogens with one attached hydrogen (secondary N) is 1. The minimum atomic E-state index is 0.0830. The predicted octanol–water partition coefficient (Wildman–Crippen LogP) is 3.86. The topological polar surface area (TPSA) is 55.9 Å². The van der Waals surface area contributed by atoms with Gasteiger partial charge in [-0.25, -0.2) is 0 Å². The number of amides is 2. The molecule has 200 valence electrons. The third-order valence-corrected chi connectivity index (χ3v) is 9.61. The molecule has 0 unspecified atom stereocenters. The summed E-state index contributed by atoms with van der Waals surface area (Å²) in [6, 6.07) is 0. The lowest BCUT2D eigenvalue weighted by Gasteiger charge is -2.46. The fourth-order valence-electron chi connectivity index (χ4n) is 6.87. The van der Waals surface area contributed by atoms with Crippen molar-refractivity contribution in [1.29, 1.82) is 0 Å². The smallest absolute Gasteiger partial charge is 0.224 e. The Labute approximate surface area is 218 Å². The number of hydrogen-bond donors (Lipinski definition) is 1. The van der Waals surface area contributed by atoms with E-state index in [1.807, 2.05) is 4.90 Å². The maximum Gasteiger partial charge on any atom is 0.224 e. The number of piperidine rings is 1. The molecule has 7 rings (SSSR count). The second-order valence-corrected chi connectivity index (χ2v) is 12.1. The second kappa shape index (κ2) is 12.1. The Balaban J connectivity index is 1.45. The van der Waals surface area contributed by atoms with Gasteiger partial charge in [0.25, 0.3) is 0 Å². The SMILES string of the molecule is C=C[C@]1(C)CC[C@@H]2C[C@H]1C(=C)CN1CCC(CCC(=O)NCCC(=O)N3CCN(CC3)CC2=C)CC1. The Morgan fingerprint density at radius 2 is 1.56 bits per heavy atom. The molecular weight excluding hydrogens is 448 g/mol. The van der Waals surface area contributed by atoms with Gasteiger partial charge in [-0.15, -0.1) is 6.58 Å². The van der Waals surface area contributed by atoms with Gasteiger partial charge in [0.1, 0.15) is 0 Å². The van der Waals surface area contributed by atoms with Crippen molar-refractivity contribution in [3.8, 4) is 0 Å². The molecule has 6 bridgehead atoms. The van der Waals surface area contributed by atoms with Crippen LogP contribution in [0.15, 0.2) is 37.0 Å². The standard InChI is InChI=1S/C30H48N4O2/c1-5-30(4)12-8-26-20-27(30)24(3)22-32-14-10-25(11-15-32)6-7-28(35)31-13-9-29(36)34-18-16-33(17-19-34)21-23(26)2/h5,25-27H,1-3,6-22H2,4H3,(H,31,35)/t26-,27+,30-/m1/s1. The molecule has 6 nitrogen and oxygen atoms in total. The Bertz CT molecular complexity index is 838. The van der Waals surface area contributed by atoms with Gasteiger partial charge < -0.3 is 10.2 Å². The summed E-state index contributed by atoms with van der Waals surface area (Å²) in [4.78, 5) is 32.0. The molecule has 0 aromatic rings. The van der Waals surface area contributed by atoms with Gasteiger partial charge in [0.2, 0.25) is 11.8 Å². The minimum absolute atomic E-state index is 0.0830. The highest BCUT2D eigenvalue weighted by Crippen LogP contribution is 2.49. The number of allylic oxidation sites excluding steroid dienone is 1. The van der Waals surface area contributed by atoms with Crippen LogP contribution in [0.1, 0.15) is 58.3 Å². The Morgan fingerprint density at radius 1 is 0.889 bits per heavy atom. The molecule has 7 aliphatic rings. The maximum absolute atomic E-state index is 12.7. The molecule has 36 heavy (non-hydrogen) atoms. The Morgan fingerprint density at radius 3 is 2.25 bits per heavy atom. The lowest BCUT2D eigenvalue weighted by molar-refractivity contribution is -0.132. The summed E-state index contributed by atoms with van der Waals surface area (Å²) in [7, 11) is 0. The van der Waals surface area contributed by atoms with Crippen LogP contribution in [0, 0.1) is 23.2 Å². The lowest BCUT2D eigenvalue weighted by Crippen LogP contribution is -2.50. The van der Waals surface area contributed by atoms with E-state index in [-0.39, 0.29) is 17.2 Å². The first kappa shape index (κ1) is 27.1. The van der Waals surface area contributed by atoms with Gasteiger partial charge in [0.15, 0.2) is 0 Å². The molecule has 6 heteroatoms. The van der Waals surface area contributed by atoms with E-state index in [2.05, 4.69) is 47.9 Å². The zero-order valence-corrected chi connectivity index (χ0v) is 22.6. The van der Waals surface area contributed by atoms with Crippen LogP contribution in [0.5, 0.6) is 0 Å². The molecule has 6 saturated heterocycles. The fraction of sp³-hybridized carbons (Fsp3) is 0.733. The van der Waals surface area contributed by atoms with E-state index in [0.29, 0.717) is 37.1 Å². The van der Waals surface area contributed by atoms with Crippen LogP contribution >= 0.6 is 0 Å². The average molecular weight is 497 g/mol. The highest BCUT2D eigenvalue weighted by molar-refractivity contribution is 5.79. The van der Waals surface area contributed by atoms with Gasteiger partial charge in [0, 0.05) is 58.7 Å². The van der Waals surface area contributed by atoms with Crippen molar-refractivity contribution >= 4 is 11.8 Å². The van der Waals surface area contributed by atoms with Crippen LogP contribution < -0.4 is 5.32 Å². The highest BCUT2D eigenvalue weighted by Gasteiger charge is 2.40. The fourth-order valence-corrected chi connectivity index (χ4v) is 6.87. The van der Waals surface area contributed by atoms with E-state index in [0.717, 1.165) is 84.5 Å². The zero-order chi connectivity index (χ0) is 25.7. The number of piperazine rings is 1. The third kappa shape index (κ3) is 6.69. The average Bonchev–Trinajstić information content (AvgIpc) is 2.88. The van der Waals surface area contributed by atoms with E-state index in [4.69, 9.17) is 0 Å². The second-order valence-electron chi connectivity index (χ2n) is 12.1. The summed E-state index contributed by atoms with van der Waals surface area (Å²) in [5.41, 5.74) is 2.78. The lowest BCUT2D eigenvalue weighted by atomic mass is 9.61. The normalized spacial score (nSPS) is 37.7. The summed E-state index contributed by atoms with van der Waals surface area (Å²) in [6.45, 7) is 23.6. The van der Waals surface area contributed by atoms with Crippen LogP contribution in [0.4, 0.5) is 0 Å². The van der Waals surface area contributed by atoms with Gasteiger partial charge in [-0.1, -0.05) is 37.3 Å².